The summed E-state index contributed by atoms with van der Waals surface area (Å²) in [5, 5.41) is 6.93. The Bertz CT molecular complexity index is 1400. The lowest BCUT2D eigenvalue weighted by atomic mass is 9.97. The smallest absolute Gasteiger partial charge is 0.384 e. The lowest BCUT2D eigenvalue weighted by Crippen LogP contribution is -2.51. The number of benzene rings is 2. The predicted molar refractivity (Wildman–Crippen MR) is 151 cm³/mol. The fraction of sp³-hybridized carbons (Fsp3) is 0.310. The van der Waals surface area contributed by atoms with Gasteiger partial charge in [-0.05, 0) is 54.3 Å². The summed E-state index contributed by atoms with van der Waals surface area (Å²) in [4.78, 5) is 17.5. The van der Waals surface area contributed by atoms with E-state index in [1.165, 1.54) is 6.08 Å². The number of para-hydroxylation sites is 1. The van der Waals surface area contributed by atoms with Gasteiger partial charge in [0.15, 0.2) is 0 Å². The van der Waals surface area contributed by atoms with Crippen LogP contribution in [-0.4, -0.2) is 35.4 Å². The summed E-state index contributed by atoms with van der Waals surface area (Å²) in [7, 11) is 0. The molecular weight excluding hydrogens is 527 g/mol. The van der Waals surface area contributed by atoms with E-state index in [1.807, 2.05) is 25.1 Å². The molecule has 4 rings (SSSR count). The Morgan fingerprint density at radius 3 is 2.59 bits per heavy atom. The molecule has 2 aromatic carbocycles. The number of carbonyl (C=O) groups excluding carboxylic acids is 1. The first kappa shape index (κ1) is 28.3. The van der Waals surface area contributed by atoms with Gasteiger partial charge in [0.1, 0.15) is 5.82 Å². The summed E-state index contributed by atoms with van der Waals surface area (Å²) in [6.45, 7) is 11.4. The third-order valence-electron chi connectivity index (χ3n) is 6.80. The van der Waals surface area contributed by atoms with Crippen molar-refractivity contribution in [1.29, 1.82) is 0 Å². The van der Waals surface area contributed by atoms with Crippen LogP contribution < -0.4 is 16.4 Å². The van der Waals surface area contributed by atoms with Crippen molar-refractivity contribution in [2.24, 2.45) is 5.92 Å². The Balaban J connectivity index is 1.77. The van der Waals surface area contributed by atoms with E-state index in [-0.39, 0.29) is 39.8 Å². The van der Waals surface area contributed by atoms with Crippen molar-refractivity contribution in [2.45, 2.75) is 32.9 Å². The van der Waals surface area contributed by atoms with Gasteiger partial charge in [-0.2, -0.15) is 13.2 Å². The average Bonchev–Trinajstić information content (AvgIpc) is 2.84. The average molecular weight is 558 g/mol. The Morgan fingerprint density at radius 1 is 1.23 bits per heavy atom. The number of hydrogen-bond acceptors (Lipinski definition) is 5. The number of nitrogens with two attached hydrogens (primary N) is 1. The number of pyridine rings is 1. The van der Waals surface area contributed by atoms with Crippen molar-refractivity contribution in [3.63, 3.8) is 0 Å². The van der Waals surface area contributed by atoms with Gasteiger partial charge in [-0.15, -0.1) is 0 Å². The second kappa shape index (κ2) is 11.2. The molecule has 1 amide bonds. The third kappa shape index (κ3) is 6.14. The highest BCUT2D eigenvalue weighted by Gasteiger charge is 2.35. The Kier molecular flexibility index (Phi) is 8.11. The largest absolute Gasteiger partial charge is 0.418 e. The molecule has 1 aliphatic heterocycles. The van der Waals surface area contributed by atoms with Crippen molar-refractivity contribution in [3.05, 3.63) is 76.8 Å². The molecular formula is C29H31ClF3N5O. The molecule has 0 saturated carbocycles. The second-order valence-corrected chi connectivity index (χ2v) is 10.4. The maximum absolute atomic E-state index is 13.9. The minimum absolute atomic E-state index is 0.0459. The SMILES string of the molecule is C=CC(=O)N1CC(CNc2cc(Cl)c(-c3nc(N)ccc3C(F)(F)F)cc2Nc2c(C)cccc2C(C)C)C1. The molecule has 2 heterocycles. The topological polar surface area (TPSA) is 83.3 Å². The minimum Gasteiger partial charge on any atom is -0.384 e. The van der Waals surface area contributed by atoms with Crippen LogP contribution in [0.15, 0.2) is 55.1 Å². The summed E-state index contributed by atoms with van der Waals surface area (Å²) in [5.74, 6) is 0.246. The lowest BCUT2D eigenvalue weighted by molar-refractivity contribution is -0.137. The lowest BCUT2D eigenvalue weighted by Gasteiger charge is -2.39. The number of halogens is 4. The van der Waals surface area contributed by atoms with E-state index in [2.05, 4.69) is 36.0 Å². The molecule has 1 saturated heterocycles. The molecule has 1 fully saturated rings. The molecule has 206 valence electrons. The number of nitrogens with one attached hydrogen (secondary N) is 2. The fourth-order valence-electron chi connectivity index (χ4n) is 4.65. The molecule has 39 heavy (non-hydrogen) atoms. The predicted octanol–water partition coefficient (Wildman–Crippen LogP) is 7.23. The number of rotatable bonds is 8. The maximum atomic E-state index is 13.9. The van der Waals surface area contributed by atoms with Crippen molar-refractivity contribution < 1.29 is 18.0 Å². The van der Waals surface area contributed by atoms with Crippen molar-refractivity contribution >= 4 is 40.4 Å². The molecule has 10 heteroatoms. The van der Waals surface area contributed by atoms with E-state index >= 15 is 0 Å². The second-order valence-electron chi connectivity index (χ2n) is 10.0. The number of carbonyl (C=O) groups is 1. The number of alkyl halides is 3. The van der Waals surface area contributed by atoms with Crippen LogP contribution >= 0.6 is 11.6 Å². The molecule has 0 spiro atoms. The Morgan fingerprint density at radius 2 is 1.95 bits per heavy atom. The zero-order valence-electron chi connectivity index (χ0n) is 22.0. The highest BCUT2D eigenvalue weighted by atomic mass is 35.5. The standard InChI is InChI=1S/C29H31ClF3N5O/c1-5-26(39)38-14-18(15-38)13-35-23-12-22(30)20(28-21(29(31,32)33)9-10-25(34)37-28)11-24(23)36-27-17(4)7-6-8-19(27)16(2)3/h5-12,16,18,35-36H,1,13-15H2,2-4H3,(H2,34,37). The highest BCUT2D eigenvalue weighted by Crippen LogP contribution is 2.43. The van der Waals surface area contributed by atoms with Gasteiger partial charge in [0.2, 0.25) is 5.91 Å². The zero-order valence-corrected chi connectivity index (χ0v) is 22.7. The molecule has 3 aromatic rings. The summed E-state index contributed by atoms with van der Waals surface area (Å²) < 4.78 is 41.7. The number of hydrogen-bond donors (Lipinski definition) is 3. The minimum atomic E-state index is -4.65. The van der Waals surface area contributed by atoms with Gasteiger partial charge in [0, 0.05) is 36.8 Å². The van der Waals surface area contributed by atoms with Crippen LogP contribution in [-0.2, 0) is 11.0 Å². The molecule has 1 aliphatic rings. The number of aryl methyl sites for hydroxylation is 1. The van der Waals surface area contributed by atoms with Gasteiger partial charge in [0.25, 0.3) is 0 Å². The quantitative estimate of drug-likeness (QED) is 0.254. The van der Waals surface area contributed by atoms with E-state index in [1.54, 1.807) is 17.0 Å². The number of anilines is 4. The zero-order chi connectivity index (χ0) is 28.5. The first-order chi connectivity index (χ1) is 18.4. The number of likely N-dealkylation sites (tertiary alicyclic amines) is 1. The van der Waals surface area contributed by atoms with Crippen LogP contribution in [0, 0.1) is 12.8 Å². The van der Waals surface area contributed by atoms with Crippen LogP contribution in [0.25, 0.3) is 11.3 Å². The van der Waals surface area contributed by atoms with Gasteiger partial charge < -0.3 is 21.3 Å². The van der Waals surface area contributed by atoms with E-state index in [4.69, 9.17) is 17.3 Å². The van der Waals surface area contributed by atoms with Crippen molar-refractivity contribution in [2.75, 3.05) is 36.0 Å². The number of aromatic nitrogens is 1. The van der Waals surface area contributed by atoms with Crippen LogP contribution in [0.2, 0.25) is 5.02 Å². The molecule has 0 radical (unpaired) electrons. The first-order valence-electron chi connectivity index (χ1n) is 12.6. The normalized spacial score (nSPS) is 13.8. The van der Waals surface area contributed by atoms with Crippen molar-refractivity contribution in [3.8, 4) is 11.3 Å². The van der Waals surface area contributed by atoms with Crippen LogP contribution in [0.5, 0.6) is 0 Å². The van der Waals surface area contributed by atoms with Crippen LogP contribution in [0.1, 0.15) is 36.5 Å². The molecule has 6 nitrogen and oxygen atoms in total. The fourth-order valence-corrected chi connectivity index (χ4v) is 4.91. The Hall–Kier alpha value is -3.72. The molecule has 0 aliphatic carbocycles. The monoisotopic (exact) mass is 557 g/mol. The number of nitrogen functional groups attached to an aromatic ring is 1. The maximum Gasteiger partial charge on any atom is 0.418 e. The summed E-state index contributed by atoms with van der Waals surface area (Å²) in [6, 6.07) is 11.2. The molecule has 0 atom stereocenters. The van der Waals surface area contributed by atoms with Crippen molar-refractivity contribution in [1.82, 2.24) is 9.88 Å². The summed E-state index contributed by atoms with van der Waals surface area (Å²) >= 11 is 6.59. The van der Waals surface area contributed by atoms with E-state index in [9.17, 15) is 18.0 Å². The third-order valence-corrected chi connectivity index (χ3v) is 7.11. The van der Waals surface area contributed by atoms with Gasteiger partial charge in [-0.25, -0.2) is 4.98 Å². The van der Waals surface area contributed by atoms with Gasteiger partial charge in [-0.1, -0.05) is 50.2 Å². The van der Waals surface area contributed by atoms with Gasteiger partial charge in [-0.3, -0.25) is 4.79 Å². The number of amides is 1. The van der Waals surface area contributed by atoms with Crippen LogP contribution in [0.3, 0.4) is 0 Å². The van der Waals surface area contributed by atoms with E-state index < -0.39 is 11.7 Å². The van der Waals surface area contributed by atoms with Gasteiger partial charge >= 0.3 is 6.18 Å². The molecule has 0 bridgehead atoms. The van der Waals surface area contributed by atoms with Crippen LogP contribution in [0.4, 0.5) is 36.1 Å². The highest BCUT2D eigenvalue weighted by molar-refractivity contribution is 6.34. The molecule has 4 N–H and O–H groups in total. The first-order valence-corrected chi connectivity index (χ1v) is 13.0. The molecule has 1 aromatic heterocycles. The summed E-state index contributed by atoms with van der Waals surface area (Å²) in [5.41, 5.74) is 8.70. The van der Waals surface area contributed by atoms with Gasteiger partial charge in [0.05, 0.1) is 27.7 Å². The Labute approximate surface area is 231 Å². The summed E-state index contributed by atoms with van der Waals surface area (Å²) in [6.07, 6.45) is -3.36. The molecule has 0 unspecified atom stereocenters. The number of nitrogens with zero attached hydrogens (tertiary/aromatic N) is 2. The van der Waals surface area contributed by atoms with E-state index in [0.717, 1.165) is 28.9 Å². The van der Waals surface area contributed by atoms with E-state index in [0.29, 0.717) is 31.0 Å².